The van der Waals surface area contributed by atoms with Gasteiger partial charge in [-0.3, -0.25) is 14.8 Å². The Morgan fingerprint density at radius 1 is 1.12 bits per heavy atom. The summed E-state index contributed by atoms with van der Waals surface area (Å²) in [6.07, 6.45) is 1.33. The van der Waals surface area contributed by atoms with Crippen molar-refractivity contribution < 1.29 is 18.3 Å². The van der Waals surface area contributed by atoms with E-state index in [1.54, 1.807) is 17.9 Å². The number of carbonyl (C=O) groups excluding carboxylic acids is 1. The first kappa shape index (κ1) is 29.1. The minimum absolute atomic E-state index is 0.138. The molecular weight excluding hydrogens is 512 g/mol. The van der Waals surface area contributed by atoms with Crippen LogP contribution in [-0.4, -0.2) is 59.0 Å². The van der Waals surface area contributed by atoms with E-state index in [0.29, 0.717) is 59.8 Å². The quantitative estimate of drug-likeness (QED) is 0.314. The number of aromatic nitrogens is 2. The molecule has 7 nitrogen and oxygen atoms in total. The molecule has 40 heavy (non-hydrogen) atoms. The number of rotatable bonds is 10. The molecule has 0 bridgehead atoms. The molecule has 0 unspecified atom stereocenters. The molecule has 0 fully saturated rings. The van der Waals surface area contributed by atoms with E-state index in [-0.39, 0.29) is 17.5 Å². The van der Waals surface area contributed by atoms with Crippen molar-refractivity contribution in [3.05, 3.63) is 75.9 Å². The predicted octanol–water partition coefficient (Wildman–Crippen LogP) is 5.91. The number of halogens is 2. The number of alkyl halides is 2. The van der Waals surface area contributed by atoms with Crippen molar-refractivity contribution in [3.63, 3.8) is 0 Å². The van der Waals surface area contributed by atoms with Gasteiger partial charge in [0.05, 0.1) is 18.3 Å². The Labute approximate surface area is 234 Å². The number of nitriles is 1. The summed E-state index contributed by atoms with van der Waals surface area (Å²) in [4.78, 5) is 26.7. The van der Waals surface area contributed by atoms with E-state index in [1.807, 2.05) is 33.0 Å². The van der Waals surface area contributed by atoms with Crippen LogP contribution in [0.15, 0.2) is 36.7 Å². The number of likely N-dealkylation sites (N-methyl/N-ethyl adjacent to an activating group) is 1. The molecule has 1 aliphatic rings. The Balaban J connectivity index is 1.77. The number of hydrogen-bond acceptors (Lipinski definition) is 6. The van der Waals surface area contributed by atoms with E-state index in [1.165, 1.54) is 18.5 Å². The zero-order chi connectivity index (χ0) is 29.0. The van der Waals surface area contributed by atoms with Gasteiger partial charge in [0, 0.05) is 53.9 Å². The van der Waals surface area contributed by atoms with Crippen molar-refractivity contribution in [2.24, 2.45) is 0 Å². The SMILES string of the molecule is CCOc1cc([C@H](C)N2CCc3c(cc(CCN(C)CC)cc3-c3cc(C(F)F)cnc3C)C2=O)ncc1C#N. The fourth-order valence-corrected chi connectivity index (χ4v) is 5.05. The number of hydrogen-bond donors (Lipinski definition) is 0. The Bertz CT molecular complexity index is 1440. The number of carbonyl (C=O) groups is 1. The third kappa shape index (κ3) is 5.97. The van der Waals surface area contributed by atoms with Crippen molar-refractivity contribution in [2.75, 3.05) is 33.3 Å². The molecule has 0 spiro atoms. The van der Waals surface area contributed by atoms with Crippen LogP contribution in [0.2, 0.25) is 0 Å². The van der Waals surface area contributed by atoms with Gasteiger partial charge < -0.3 is 14.5 Å². The van der Waals surface area contributed by atoms with Gasteiger partial charge >= 0.3 is 0 Å². The fraction of sp³-hybridized carbons (Fsp3) is 0.419. The van der Waals surface area contributed by atoms with Crippen LogP contribution < -0.4 is 4.74 Å². The molecule has 2 aromatic heterocycles. The van der Waals surface area contributed by atoms with Crippen LogP contribution in [0.25, 0.3) is 11.1 Å². The summed E-state index contributed by atoms with van der Waals surface area (Å²) in [5.74, 6) is 0.304. The average molecular weight is 548 g/mol. The summed E-state index contributed by atoms with van der Waals surface area (Å²) < 4.78 is 32.9. The fourth-order valence-electron chi connectivity index (χ4n) is 5.05. The molecule has 4 rings (SSSR count). The first-order chi connectivity index (χ1) is 19.2. The molecule has 0 saturated carbocycles. The number of ether oxygens (including phenoxy) is 1. The molecule has 3 aromatic rings. The molecule has 1 aliphatic heterocycles. The summed E-state index contributed by atoms with van der Waals surface area (Å²) in [6, 6.07) is 8.93. The predicted molar refractivity (Wildman–Crippen MR) is 150 cm³/mol. The lowest BCUT2D eigenvalue weighted by Gasteiger charge is -2.35. The minimum atomic E-state index is -2.64. The lowest BCUT2D eigenvalue weighted by Crippen LogP contribution is -2.40. The molecular formula is C31H35F2N5O2. The van der Waals surface area contributed by atoms with Gasteiger partial charge in [-0.2, -0.15) is 5.26 Å². The smallest absolute Gasteiger partial charge is 0.265 e. The average Bonchev–Trinajstić information content (AvgIpc) is 2.95. The summed E-state index contributed by atoms with van der Waals surface area (Å²) in [7, 11) is 2.04. The van der Waals surface area contributed by atoms with Crippen LogP contribution in [0, 0.1) is 18.3 Å². The molecule has 1 amide bonds. The zero-order valence-electron chi connectivity index (χ0n) is 23.7. The maximum Gasteiger partial charge on any atom is 0.265 e. The van der Waals surface area contributed by atoms with E-state index in [4.69, 9.17) is 4.74 Å². The molecule has 0 radical (unpaired) electrons. The van der Waals surface area contributed by atoms with Gasteiger partial charge in [-0.1, -0.05) is 13.0 Å². The largest absolute Gasteiger partial charge is 0.492 e. The molecule has 210 valence electrons. The third-order valence-corrected chi connectivity index (χ3v) is 7.58. The normalized spacial score (nSPS) is 13.9. The minimum Gasteiger partial charge on any atom is -0.492 e. The van der Waals surface area contributed by atoms with Gasteiger partial charge in [0.15, 0.2) is 0 Å². The molecule has 1 aromatic carbocycles. The Kier molecular flexibility index (Phi) is 9.10. The van der Waals surface area contributed by atoms with Crippen molar-refractivity contribution in [1.29, 1.82) is 5.26 Å². The molecule has 3 heterocycles. The van der Waals surface area contributed by atoms with E-state index in [0.717, 1.165) is 29.8 Å². The van der Waals surface area contributed by atoms with Crippen LogP contribution >= 0.6 is 0 Å². The number of pyridine rings is 2. The van der Waals surface area contributed by atoms with Crippen LogP contribution in [-0.2, 0) is 12.8 Å². The highest BCUT2D eigenvalue weighted by Crippen LogP contribution is 2.37. The Morgan fingerprint density at radius 2 is 1.88 bits per heavy atom. The van der Waals surface area contributed by atoms with Crippen molar-refractivity contribution in [1.82, 2.24) is 19.8 Å². The lowest BCUT2D eigenvalue weighted by atomic mass is 9.86. The standard InChI is InChI=1S/C31H35F2N5O2/c1-6-37(5)10-8-21-12-26(25-14-22(30(32)33)17-35-19(25)3)24-9-11-38(31(39)27(24)13-21)20(4)28-15-29(40-7-2)23(16-34)18-36-28/h12-15,17-18,20,30H,6-11H2,1-5H3/t20-/m0/s1. The Morgan fingerprint density at radius 3 is 2.55 bits per heavy atom. The topological polar surface area (TPSA) is 82.3 Å². The van der Waals surface area contributed by atoms with Gasteiger partial charge in [0.25, 0.3) is 12.3 Å². The number of aryl methyl sites for hydroxylation is 1. The van der Waals surface area contributed by atoms with Crippen molar-refractivity contribution in [2.45, 2.75) is 53.0 Å². The van der Waals surface area contributed by atoms with Crippen LogP contribution in [0.1, 0.15) is 77.2 Å². The second kappa shape index (κ2) is 12.5. The van der Waals surface area contributed by atoms with Crippen molar-refractivity contribution >= 4 is 5.91 Å². The first-order valence-electron chi connectivity index (χ1n) is 13.6. The zero-order valence-corrected chi connectivity index (χ0v) is 23.7. The van der Waals surface area contributed by atoms with Gasteiger partial charge in [0.2, 0.25) is 0 Å². The molecule has 1 atom stereocenters. The number of fused-ring (bicyclic) bond motifs is 1. The molecule has 0 aliphatic carbocycles. The Hall–Kier alpha value is -3.90. The van der Waals surface area contributed by atoms with Crippen molar-refractivity contribution in [3.8, 4) is 22.9 Å². The first-order valence-corrected chi connectivity index (χ1v) is 13.6. The maximum atomic E-state index is 14.0. The summed E-state index contributed by atoms with van der Waals surface area (Å²) in [5, 5.41) is 9.40. The second-order valence-electron chi connectivity index (χ2n) is 10.1. The highest BCUT2D eigenvalue weighted by molar-refractivity contribution is 5.99. The van der Waals surface area contributed by atoms with Crippen LogP contribution in [0.3, 0.4) is 0 Å². The van der Waals surface area contributed by atoms with E-state index < -0.39 is 6.43 Å². The molecule has 9 heteroatoms. The summed E-state index contributed by atoms with van der Waals surface area (Å²) in [5.41, 5.74) is 5.28. The maximum absolute atomic E-state index is 14.0. The number of benzene rings is 1. The number of nitrogens with zero attached hydrogens (tertiary/aromatic N) is 5. The van der Waals surface area contributed by atoms with E-state index >= 15 is 0 Å². The highest BCUT2D eigenvalue weighted by Gasteiger charge is 2.32. The summed E-state index contributed by atoms with van der Waals surface area (Å²) >= 11 is 0. The van der Waals surface area contributed by atoms with E-state index in [2.05, 4.69) is 27.9 Å². The molecule has 0 N–H and O–H groups in total. The van der Waals surface area contributed by atoms with E-state index in [9.17, 15) is 18.8 Å². The van der Waals surface area contributed by atoms with Crippen LogP contribution in [0.4, 0.5) is 8.78 Å². The van der Waals surface area contributed by atoms with Gasteiger partial charge in [-0.15, -0.1) is 0 Å². The molecule has 0 saturated heterocycles. The highest BCUT2D eigenvalue weighted by atomic mass is 19.3. The third-order valence-electron chi connectivity index (χ3n) is 7.58. The van der Waals surface area contributed by atoms with Gasteiger partial charge in [-0.05, 0) is 76.0 Å². The summed E-state index contributed by atoms with van der Waals surface area (Å²) in [6.45, 7) is 10.2. The van der Waals surface area contributed by atoms with Crippen LogP contribution in [0.5, 0.6) is 5.75 Å². The lowest BCUT2D eigenvalue weighted by molar-refractivity contribution is 0.0669. The monoisotopic (exact) mass is 547 g/mol. The second-order valence-corrected chi connectivity index (χ2v) is 10.1. The van der Waals surface area contributed by atoms with Gasteiger partial charge in [-0.25, -0.2) is 8.78 Å². The van der Waals surface area contributed by atoms with Gasteiger partial charge in [0.1, 0.15) is 17.4 Å². The number of amides is 1.